The molecule has 1 aromatic heterocycles. The molecule has 20 heavy (non-hydrogen) atoms. The van der Waals surface area contributed by atoms with E-state index in [-0.39, 0.29) is 18.2 Å². The number of phenols is 1. The Labute approximate surface area is 120 Å². The SMILES string of the molecule is COc1ccc(C(=O)NCC(O)c2ccsc2)cc1O. The molecule has 0 spiro atoms. The molecule has 1 aromatic carbocycles. The normalized spacial score (nSPS) is 11.9. The summed E-state index contributed by atoms with van der Waals surface area (Å²) in [6.07, 6.45) is -0.739. The molecule has 1 heterocycles. The van der Waals surface area contributed by atoms with Crippen LogP contribution in [0.2, 0.25) is 0 Å². The summed E-state index contributed by atoms with van der Waals surface area (Å²) >= 11 is 1.48. The number of aliphatic hydroxyl groups is 1. The molecule has 2 aromatic rings. The van der Waals surface area contributed by atoms with Crippen LogP contribution in [0.3, 0.4) is 0 Å². The van der Waals surface area contributed by atoms with Gasteiger partial charge in [-0.25, -0.2) is 0 Å². The number of phenolic OH excluding ortho intramolecular Hbond substituents is 1. The average molecular weight is 293 g/mol. The molecule has 0 bridgehead atoms. The van der Waals surface area contributed by atoms with Gasteiger partial charge in [0.2, 0.25) is 0 Å². The summed E-state index contributed by atoms with van der Waals surface area (Å²) in [7, 11) is 1.44. The van der Waals surface area contributed by atoms with Crippen molar-refractivity contribution in [3.8, 4) is 11.5 Å². The number of amides is 1. The summed E-state index contributed by atoms with van der Waals surface area (Å²) in [4.78, 5) is 11.9. The van der Waals surface area contributed by atoms with Gasteiger partial charge in [-0.15, -0.1) is 0 Å². The van der Waals surface area contributed by atoms with Crippen LogP contribution in [-0.2, 0) is 0 Å². The first-order valence-corrected chi connectivity index (χ1v) is 6.91. The van der Waals surface area contributed by atoms with Gasteiger partial charge in [0, 0.05) is 12.1 Å². The maximum absolute atomic E-state index is 11.9. The van der Waals surface area contributed by atoms with Crippen LogP contribution < -0.4 is 10.1 Å². The van der Waals surface area contributed by atoms with Crippen LogP contribution in [-0.4, -0.2) is 29.8 Å². The van der Waals surface area contributed by atoms with Crippen molar-refractivity contribution in [2.75, 3.05) is 13.7 Å². The molecular weight excluding hydrogens is 278 g/mol. The van der Waals surface area contributed by atoms with E-state index in [9.17, 15) is 15.0 Å². The van der Waals surface area contributed by atoms with Crippen LogP contribution in [0.1, 0.15) is 22.0 Å². The third kappa shape index (κ3) is 3.28. The van der Waals surface area contributed by atoms with Crippen molar-refractivity contribution in [3.63, 3.8) is 0 Å². The van der Waals surface area contributed by atoms with Crippen molar-refractivity contribution in [1.29, 1.82) is 0 Å². The molecule has 5 nitrogen and oxygen atoms in total. The fraction of sp³-hybridized carbons (Fsp3) is 0.214. The predicted molar refractivity (Wildman–Crippen MR) is 76.3 cm³/mol. The minimum atomic E-state index is -0.739. The van der Waals surface area contributed by atoms with Crippen molar-refractivity contribution in [2.45, 2.75) is 6.10 Å². The van der Waals surface area contributed by atoms with Crippen molar-refractivity contribution in [3.05, 3.63) is 46.2 Å². The molecule has 2 rings (SSSR count). The smallest absolute Gasteiger partial charge is 0.251 e. The average Bonchev–Trinajstić information content (AvgIpc) is 2.98. The molecule has 3 N–H and O–H groups in total. The van der Waals surface area contributed by atoms with Gasteiger partial charge in [-0.2, -0.15) is 11.3 Å². The molecule has 0 aliphatic rings. The number of hydrogen-bond donors (Lipinski definition) is 3. The van der Waals surface area contributed by atoms with Gasteiger partial charge in [-0.1, -0.05) is 0 Å². The van der Waals surface area contributed by atoms with E-state index in [1.54, 1.807) is 12.1 Å². The van der Waals surface area contributed by atoms with Crippen LogP contribution in [0.25, 0.3) is 0 Å². The van der Waals surface area contributed by atoms with E-state index in [4.69, 9.17) is 4.74 Å². The van der Waals surface area contributed by atoms with Crippen molar-refractivity contribution in [2.24, 2.45) is 0 Å². The first-order valence-electron chi connectivity index (χ1n) is 5.97. The number of methoxy groups -OCH3 is 1. The highest BCUT2D eigenvalue weighted by molar-refractivity contribution is 7.07. The number of carbonyl (C=O) groups excluding carboxylic acids is 1. The topological polar surface area (TPSA) is 78.8 Å². The summed E-state index contributed by atoms with van der Waals surface area (Å²) in [5.41, 5.74) is 1.08. The number of ether oxygens (including phenoxy) is 1. The summed E-state index contributed by atoms with van der Waals surface area (Å²) in [5.74, 6) is -0.157. The highest BCUT2D eigenvalue weighted by Crippen LogP contribution is 2.26. The van der Waals surface area contributed by atoms with E-state index in [1.807, 2.05) is 10.8 Å². The van der Waals surface area contributed by atoms with Crippen LogP contribution in [0, 0.1) is 0 Å². The Hall–Kier alpha value is -2.05. The Balaban J connectivity index is 1.96. The first kappa shape index (κ1) is 14.4. The van der Waals surface area contributed by atoms with Crippen molar-refractivity contribution >= 4 is 17.2 Å². The van der Waals surface area contributed by atoms with E-state index >= 15 is 0 Å². The zero-order chi connectivity index (χ0) is 14.5. The van der Waals surface area contributed by atoms with E-state index in [0.717, 1.165) is 5.56 Å². The van der Waals surface area contributed by atoms with E-state index in [1.165, 1.54) is 30.6 Å². The van der Waals surface area contributed by atoms with Crippen molar-refractivity contribution < 1.29 is 19.7 Å². The summed E-state index contributed by atoms with van der Waals surface area (Å²) in [6.45, 7) is 0.113. The van der Waals surface area contributed by atoms with Gasteiger partial charge in [-0.05, 0) is 40.6 Å². The number of aromatic hydroxyl groups is 1. The summed E-state index contributed by atoms with van der Waals surface area (Å²) in [6, 6.07) is 6.19. The molecule has 0 saturated heterocycles. The summed E-state index contributed by atoms with van der Waals surface area (Å²) < 4.78 is 4.91. The lowest BCUT2D eigenvalue weighted by atomic mass is 10.1. The van der Waals surface area contributed by atoms with Gasteiger partial charge in [-0.3, -0.25) is 4.79 Å². The molecule has 1 unspecified atom stereocenters. The lowest BCUT2D eigenvalue weighted by Gasteiger charge is -2.11. The highest BCUT2D eigenvalue weighted by Gasteiger charge is 2.12. The number of nitrogens with one attached hydrogen (secondary N) is 1. The number of carbonyl (C=O) groups is 1. The number of rotatable bonds is 5. The monoisotopic (exact) mass is 293 g/mol. The number of aliphatic hydroxyl groups excluding tert-OH is 1. The largest absolute Gasteiger partial charge is 0.504 e. The Morgan fingerprint density at radius 2 is 2.25 bits per heavy atom. The van der Waals surface area contributed by atoms with E-state index in [0.29, 0.717) is 11.3 Å². The standard InChI is InChI=1S/C14H15NO4S/c1-19-13-3-2-9(6-11(13)16)14(18)15-7-12(17)10-4-5-20-8-10/h2-6,8,12,16-17H,7H2,1H3,(H,15,18). The van der Waals surface area contributed by atoms with Crippen molar-refractivity contribution in [1.82, 2.24) is 5.32 Å². The third-order valence-electron chi connectivity index (χ3n) is 2.82. The lowest BCUT2D eigenvalue weighted by Crippen LogP contribution is -2.28. The fourth-order valence-electron chi connectivity index (χ4n) is 1.71. The van der Waals surface area contributed by atoms with Crippen LogP contribution >= 0.6 is 11.3 Å². The van der Waals surface area contributed by atoms with Gasteiger partial charge in [0.1, 0.15) is 0 Å². The molecule has 106 valence electrons. The van der Waals surface area contributed by atoms with E-state index < -0.39 is 6.10 Å². The second-order valence-electron chi connectivity index (χ2n) is 4.17. The molecule has 0 aliphatic heterocycles. The quantitative estimate of drug-likeness (QED) is 0.787. The first-order chi connectivity index (χ1) is 9.61. The molecule has 0 fully saturated rings. The Morgan fingerprint density at radius 1 is 1.45 bits per heavy atom. The maximum Gasteiger partial charge on any atom is 0.251 e. The Kier molecular flexibility index (Phi) is 4.60. The minimum absolute atomic E-state index is 0.0986. The minimum Gasteiger partial charge on any atom is -0.504 e. The van der Waals surface area contributed by atoms with Crippen LogP contribution in [0.5, 0.6) is 11.5 Å². The second kappa shape index (κ2) is 6.40. The van der Waals surface area contributed by atoms with Gasteiger partial charge >= 0.3 is 0 Å². The van der Waals surface area contributed by atoms with Gasteiger partial charge in [0.15, 0.2) is 11.5 Å². The van der Waals surface area contributed by atoms with Gasteiger partial charge < -0.3 is 20.3 Å². The maximum atomic E-state index is 11.9. The Morgan fingerprint density at radius 3 is 2.85 bits per heavy atom. The molecule has 0 saturated carbocycles. The lowest BCUT2D eigenvalue weighted by molar-refractivity contribution is 0.0916. The predicted octanol–water partition coefficient (Wildman–Crippen LogP) is 1.93. The second-order valence-corrected chi connectivity index (χ2v) is 4.95. The zero-order valence-corrected chi connectivity index (χ0v) is 11.7. The zero-order valence-electron chi connectivity index (χ0n) is 10.9. The number of benzene rings is 1. The van der Waals surface area contributed by atoms with Gasteiger partial charge in [0.05, 0.1) is 13.2 Å². The number of hydrogen-bond acceptors (Lipinski definition) is 5. The van der Waals surface area contributed by atoms with Crippen LogP contribution in [0.4, 0.5) is 0 Å². The molecular formula is C14H15NO4S. The molecule has 0 radical (unpaired) electrons. The summed E-state index contributed by atoms with van der Waals surface area (Å²) in [5, 5.41) is 25.8. The fourth-order valence-corrected chi connectivity index (χ4v) is 2.41. The van der Waals surface area contributed by atoms with Gasteiger partial charge in [0.25, 0.3) is 5.91 Å². The van der Waals surface area contributed by atoms with Crippen LogP contribution in [0.15, 0.2) is 35.0 Å². The Bertz CT molecular complexity index is 583. The third-order valence-corrected chi connectivity index (χ3v) is 3.53. The van der Waals surface area contributed by atoms with E-state index in [2.05, 4.69) is 5.32 Å². The highest BCUT2D eigenvalue weighted by atomic mass is 32.1. The molecule has 1 amide bonds. The molecule has 6 heteroatoms. The molecule has 1 atom stereocenters. The molecule has 0 aliphatic carbocycles. The number of thiophene rings is 1.